The zero-order chi connectivity index (χ0) is 19.7. The van der Waals surface area contributed by atoms with Crippen molar-refractivity contribution in [2.75, 3.05) is 5.32 Å². The highest BCUT2D eigenvalue weighted by Gasteiger charge is 2.44. The maximum atomic E-state index is 12.5. The molecule has 0 heterocycles. The third-order valence-corrected chi connectivity index (χ3v) is 4.55. The summed E-state index contributed by atoms with van der Waals surface area (Å²) in [6.07, 6.45) is 0.874. The fraction of sp³-hybridized carbons (Fsp3) is 0.400. The third kappa shape index (κ3) is 3.90. The second-order valence-electron chi connectivity index (χ2n) is 7.83. The van der Waals surface area contributed by atoms with Gasteiger partial charge >= 0.3 is 5.97 Å². The van der Waals surface area contributed by atoms with Crippen molar-refractivity contribution >= 4 is 30.0 Å². The van der Waals surface area contributed by atoms with E-state index in [1.165, 1.54) is 12.1 Å². The Kier molecular flexibility index (Phi) is 5.16. The van der Waals surface area contributed by atoms with E-state index in [0.29, 0.717) is 11.4 Å². The van der Waals surface area contributed by atoms with E-state index in [2.05, 4.69) is 49.7 Å². The van der Waals surface area contributed by atoms with Crippen LogP contribution in [0.2, 0.25) is 0 Å². The van der Waals surface area contributed by atoms with E-state index in [1.807, 2.05) is 0 Å². The Balaban J connectivity index is 2.26. The number of carbonyl (C=O) groups excluding carboxylic acids is 1. The summed E-state index contributed by atoms with van der Waals surface area (Å²) in [7, 11) is 0. The molecule has 0 atom stereocenters. The van der Waals surface area contributed by atoms with Gasteiger partial charge in [0, 0.05) is 16.5 Å². The van der Waals surface area contributed by atoms with Gasteiger partial charge in [-0.3, -0.25) is 9.79 Å². The highest BCUT2D eigenvalue weighted by Crippen LogP contribution is 2.53. The average molecular weight is 355 g/mol. The second-order valence-corrected chi connectivity index (χ2v) is 7.83. The van der Waals surface area contributed by atoms with Gasteiger partial charge in [0.2, 0.25) is 0 Å². The number of carbonyl (C=O) groups is 2. The van der Waals surface area contributed by atoms with E-state index in [0.717, 1.165) is 17.8 Å². The molecule has 1 aromatic rings. The fourth-order valence-electron chi connectivity index (χ4n) is 3.54. The first-order chi connectivity index (χ1) is 12.0. The van der Waals surface area contributed by atoms with Crippen LogP contribution in [-0.4, -0.2) is 29.4 Å². The van der Waals surface area contributed by atoms with E-state index in [1.54, 1.807) is 19.1 Å². The Hall–Kier alpha value is -2.76. The number of anilines is 1. The van der Waals surface area contributed by atoms with Crippen LogP contribution in [0.5, 0.6) is 0 Å². The summed E-state index contributed by atoms with van der Waals surface area (Å²) in [6.45, 7) is 13.7. The number of aliphatic imine (C=N–C) groups is 2. The maximum absolute atomic E-state index is 12.5. The number of benzene rings is 1. The molecule has 6 nitrogen and oxygen atoms in total. The standard InChI is InChI=1S/C20H25N3O3/c1-12(17(24)23-14-9-7-13(8-10-14)18(25)26)22-16-15(21-6)19(2,3)11-20(16,4)5/h7-10H,6,11H2,1-5H3,(H,23,24)(H,25,26). The Morgan fingerprint density at radius 3 is 2.12 bits per heavy atom. The average Bonchev–Trinajstić information content (AvgIpc) is 2.71. The summed E-state index contributed by atoms with van der Waals surface area (Å²) in [4.78, 5) is 32.1. The molecular formula is C20H25N3O3. The molecule has 0 fully saturated rings. The summed E-state index contributed by atoms with van der Waals surface area (Å²) >= 11 is 0. The second kappa shape index (κ2) is 6.86. The zero-order valence-corrected chi connectivity index (χ0v) is 15.9. The molecule has 0 saturated heterocycles. The van der Waals surface area contributed by atoms with Crippen molar-refractivity contribution in [2.45, 2.75) is 41.0 Å². The van der Waals surface area contributed by atoms with Gasteiger partial charge in [-0.25, -0.2) is 9.79 Å². The Morgan fingerprint density at radius 1 is 1.08 bits per heavy atom. The zero-order valence-electron chi connectivity index (χ0n) is 15.9. The first-order valence-corrected chi connectivity index (χ1v) is 8.40. The number of nitrogens with zero attached hydrogens (tertiary/aromatic N) is 2. The number of hydrogen-bond acceptors (Lipinski definition) is 4. The van der Waals surface area contributed by atoms with Crippen molar-refractivity contribution < 1.29 is 14.7 Å². The fourth-order valence-corrected chi connectivity index (χ4v) is 3.54. The van der Waals surface area contributed by atoms with E-state index < -0.39 is 5.97 Å². The number of nitrogens with one attached hydrogen (secondary N) is 1. The van der Waals surface area contributed by atoms with Crippen molar-refractivity contribution in [2.24, 2.45) is 20.8 Å². The maximum Gasteiger partial charge on any atom is 0.335 e. The largest absolute Gasteiger partial charge is 0.478 e. The summed E-state index contributed by atoms with van der Waals surface area (Å²) in [5.41, 5.74) is 2.24. The smallest absolute Gasteiger partial charge is 0.335 e. The van der Waals surface area contributed by atoms with E-state index in [9.17, 15) is 9.59 Å². The van der Waals surface area contributed by atoms with Crippen LogP contribution in [0.1, 0.15) is 51.4 Å². The molecule has 1 aliphatic carbocycles. The molecule has 0 radical (unpaired) electrons. The van der Waals surface area contributed by atoms with Crippen LogP contribution < -0.4 is 5.32 Å². The van der Waals surface area contributed by atoms with Crippen LogP contribution >= 0.6 is 0 Å². The molecule has 2 rings (SSSR count). The van der Waals surface area contributed by atoms with Gasteiger partial charge in [-0.1, -0.05) is 27.7 Å². The number of amides is 1. The highest BCUT2D eigenvalue weighted by molar-refractivity contribution is 6.42. The minimum atomic E-state index is -1.01. The lowest BCUT2D eigenvalue weighted by molar-refractivity contribution is -0.110. The summed E-state index contributed by atoms with van der Waals surface area (Å²) < 4.78 is 0. The number of hydrogen-bond donors (Lipinski definition) is 2. The molecule has 2 N–H and O–H groups in total. The Bertz CT molecular complexity index is 815. The van der Waals surface area contributed by atoms with Crippen LogP contribution in [0, 0.1) is 10.8 Å². The van der Waals surface area contributed by atoms with E-state index >= 15 is 0 Å². The quantitative estimate of drug-likeness (QED) is 0.777. The van der Waals surface area contributed by atoms with Crippen molar-refractivity contribution in [3.8, 4) is 0 Å². The van der Waals surface area contributed by atoms with Crippen molar-refractivity contribution in [1.82, 2.24) is 0 Å². The number of carboxylic acid groups (broad SMARTS) is 1. The highest BCUT2D eigenvalue weighted by atomic mass is 16.4. The third-order valence-electron chi connectivity index (χ3n) is 4.55. The predicted octanol–water partition coefficient (Wildman–Crippen LogP) is 4.15. The molecule has 0 bridgehead atoms. The molecule has 0 aliphatic heterocycles. The minimum absolute atomic E-state index is 0.145. The number of rotatable bonds is 5. The molecule has 0 saturated carbocycles. The molecule has 6 heteroatoms. The lowest BCUT2D eigenvalue weighted by Gasteiger charge is -2.23. The molecule has 26 heavy (non-hydrogen) atoms. The van der Waals surface area contributed by atoms with E-state index in [-0.39, 0.29) is 22.3 Å². The molecular weight excluding hydrogens is 330 g/mol. The molecule has 1 aromatic carbocycles. The van der Waals surface area contributed by atoms with Crippen LogP contribution in [0.25, 0.3) is 0 Å². The monoisotopic (exact) mass is 355 g/mol. The molecule has 1 amide bonds. The van der Waals surface area contributed by atoms with Crippen molar-refractivity contribution in [1.29, 1.82) is 0 Å². The molecule has 0 unspecified atom stereocenters. The Labute approximate surface area is 153 Å². The normalized spacial score (nSPS) is 18.6. The van der Waals surface area contributed by atoms with Crippen molar-refractivity contribution in [3.63, 3.8) is 0 Å². The SMILES string of the molecule is C=NC1=C(N=C(C)C(=O)Nc2ccc(C(=O)O)cc2)C(C)(C)CC1(C)C. The number of aromatic carboxylic acids is 1. The van der Waals surface area contributed by atoms with Gasteiger partial charge in [0.25, 0.3) is 5.91 Å². The lowest BCUT2D eigenvalue weighted by atomic mass is 9.81. The number of carboxylic acids is 1. The predicted molar refractivity (Wildman–Crippen MR) is 104 cm³/mol. The first-order valence-electron chi connectivity index (χ1n) is 8.40. The topological polar surface area (TPSA) is 91.1 Å². The van der Waals surface area contributed by atoms with Crippen molar-refractivity contribution in [3.05, 3.63) is 41.2 Å². The van der Waals surface area contributed by atoms with Gasteiger partial charge in [0.05, 0.1) is 17.0 Å². The van der Waals surface area contributed by atoms with Crippen LogP contribution in [0.15, 0.2) is 45.6 Å². The lowest BCUT2D eigenvalue weighted by Crippen LogP contribution is -2.22. The summed E-state index contributed by atoms with van der Waals surface area (Å²) in [5.74, 6) is -1.35. The molecule has 1 aliphatic rings. The van der Waals surface area contributed by atoms with Crippen LogP contribution in [-0.2, 0) is 4.79 Å². The number of allylic oxidation sites excluding steroid dienone is 2. The minimum Gasteiger partial charge on any atom is -0.478 e. The van der Waals surface area contributed by atoms with Crippen LogP contribution in [0.4, 0.5) is 5.69 Å². The van der Waals surface area contributed by atoms with Gasteiger partial charge in [-0.15, -0.1) is 0 Å². The Morgan fingerprint density at radius 2 is 1.62 bits per heavy atom. The first kappa shape index (κ1) is 19.6. The summed E-state index contributed by atoms with van der Waals surface area (Å²) in [6, 6.07) is 5.98. The van der Waals surface area contributed by atoms with Gasteiger partial charge in [0.15, 0.2) is 0 Å². The van der Waals surface area contributed by atoms with Gasteiger partial charge < -0.3 is 10.4 Å². The van der Waals surface area contributed by atoms with Gasteiger partial charge in [0.1, 0.15) is 5.71 Å². The molecule has 138 valence electrons. The van der Waals surface area contributed by atoms with Gasteiger partial charge in [-0.2, -0.15) is 0 Å². The molecule has 0 aromatic heterocycles. The van der Waals surface area contributed by atoms with Gasteiger partial charge in [-0.05, 0) is 44.3 Å². The van der Waals surface area contributed by atoms with E-state index in [4.69, 9.17) is 5.11 Å². The molecule has 0 spiro atoms. The van der Waals surface area contributed by atoms with Crippen LogP contribution in [0.3, 0.4) is 0 Å². The summed E-state index contributed by atoms with van der Waals surface area (Å²) in [5, 5.41) is 11.7.